The van der Waals surface area contributed by atoms with Crippen molar-refractivity contribution < 1.29 is 14.3 Å². The monoisotopic (exact) mass is 359 g/mol. The Labute approximate surface area is 144 Å². The number of nitrogens with one attached hydrogen (secondary N) is 1. The van der Waals surface area contributed by atoms with Crippen LogP contribution in [0.2, 0.25) is 10.0 Å². The van der Waals surface area contributed by atoms with Gasteiger partial charge in [-0.3, -0.25) is 5.84 Å². The van der Waals surface area contributed by atoms with Crippen molar-refractivity contribution in [3.63, 3.8) is 0 Å². The second-order valence-corrected chi connectivity index (χ2v) is 5.94. The van der Waals surface area contributed by atoms with E-state index in [0.29, 0.717) is 16.5 Å². The van der Waals surface area contributed by atoms with Crippen LogP contribution < -0.4 is 17.0 Å². The van der Waals surface area contributed by atoms with Crippen LogP contribution in [0.1, 0.15) is 24.5 Å². The van der Waals surface area contributed by atoms with Crippen LogP contribution in [0.3, 0.4) is 0 Å². The lowest BCUT2D eigenvalue weighted by Crippen LogP contribution is -2.34. The van der Waals surface area contributed by atoms with E-state index in [4.69, 9.17) is 44.3 Å². The summed E-state index contributed by atoms with van der Waals surface area (Å²) in [5, 5.41) is 1.05. The highest BCUT2D eigenvalue weighted by Gasteiger charge is 2.24. The van der Waals surface area contributed by atoms with Crippen molar-refractivity contribution in [2.75, 3.05) is 6.61 Å². The van der Waals surface area contributed by atoms with Crippen LogP contribution in [-0.4, -0.2) is 18.7 Å². The van der Waals surface area contributed by atoms with Crippen LogP contribution in [0.5, 0.6) is 0 Å². The van der Waals surface area contributed by atoms with Gasteiger partial charge in [0.2, 0.25) is 5.88 Å². The predicted molar refractivity (Wildman–Crippen MR) is 88.5 cm³/mol. The van der Waals surface area contributed by atoms with Crippen molar-refractivity contribution in [3.8, 4) is 0 Å². The molecule has 1 atom stereocenters. The summed E-state index contributed by atoms with van der Waals surface area (Å²) in [4.78, 5) is 11.7. The van der Waals surface area contributed by atoms with Gasteiger partial charge in [-0.2, -0.15) is 0 Å². The van der Waals surface area contributed by atoms with Gasteiger partial charge in [-0.25, -0.2) is 4.79 Å². The van der Waals surface area contributed by atoms with Gasteiger partial charge in [0.15, 0.2) is 5.70 Å². The molecule has 0 aliphatic heterocycles. The van der Waals surface area contributed by atoms with Crippen molar-refractivity contribution in [2.24, 2.45) is 11.6 Å². The molecule has 1 aliphatic carbocycles. The number of hydrogen-bond donors (Lipinski definition) is 3. The maximum Gasteiger partial charge on any atom is 0.361 e. The van der Waals surface area contributed by atoms with Crippen molar-refractivity contribution in [3.05, 3.63) is 44.9 Å². The quantitative estimate of drug-likeness (QED) is 0.244. The van der Waals surface area contributed by atoms with Gasteiger partial charge in [0.1, 0.15) is 6.10 Å². The molecular weight excluding hydrogens is 341 g/mol. The van der Waals surface area contributed by atoms with E-state index < -0.39 is 5.97 Å². The smallest absolute Gasteiger partial charge is 0.361 e. The zero-order chi connectivity index (χ0) is 17.0. The Kier molecular flexibility index (Phi) is 5.98. The first-order valence-electron chi connectivity index (χ1n) is 7.23. The minimum atomic E-state index is -0.654. The second kappa shape index (κ2) is 7.77. The molecule has 0 heterocycles. The van der Waals surface area contributed by atoms with Gasteiger partial charge in [-0.1, -0.05) is 23.2 Å². The van der Waals surface area contributed by atoms with Crippen LogP contribution in [0.15, 0.2) is 23.7 Å². The molecule has 126 valence electrons. The summed E-state index contributed by atoms with van der Waals surface area (Å²) >= 11 is 12.1. The van der Waals surface area contributed by atoms with E-state index in [1.807, 2.05) is 12.1 Å². The number of rotatable bonds is 5. The number of carbonyl (C=O) groups excluding carboxylic acids is 1. The average Bonchev–Trinajstić information content (AvgIpc) is 2.49. The molecule has 2 rings (SSSR count). The molecule has 23 heavy (non-hydrogen) atoms. The molecule has 0 spiro atoms. The normalized spacial score (nSPS) is 17.8. The van der Waals surface area contributed by atoms with E-state index in [1.54, 1.807) is 6.92 Å². The summed E-state index contributed by atoms with van der Waals surface area (Å²) in [6.45, 7) is 1.91. The lowest BCUT2D eigenvalue weighted by molar-refractivity contribution is -0.139. The first-order chi connectivity index (χ1) is 11.0. The lowest BCUT2D eigenvalue weighted by atomic mass is 9.90. The van der Waals surface area contributed by atoms with Crippen LogP contribution >= 0.6 is 23.2 Å². The Hall–Kier alpha value is -1.63. The number of carbonyl (C=O) groups is 1. The van der Waals surface area contributed by atoms with Crippen LogP contribution in [0.25, 0.3) is 0 Å². The van der Waals surface area contributed by atoms with Gasteiger partial charge in [0.25, 0.3) is 0 Å². The van der Waals surface area contributed by atoms with E-state index in [1.165, 1.54) is 0 Å². The first-order valence-corrected chi connectivity index (χ1v) is 7.98. The summed E-state index contributed by atoms with van der Waals surface area (Å²) in [6.07, 6.45) is 1.96. The zero-order valence-corrected chi connectivity index (χ0v) is 14.2. The maximum atomic E-state index is 11.7. The van der Waals surface area contributed by atoms with Gasteiger partial charge < -0.3 is 20.6 Å². The third-order valence-corrected chi connectivity index (χ3v) is 4.31. The zero-order valence-electron chi connectivity index (χ0n) is 12.7. The largest absolute Gasteiger partial charge is 0.474 e. The fourth-order valence-electron chi connectivity index (χ4n) is 2.49. The molecule has 8 heteroatoms. The van der Waals surface area contributed by atoms with Crippen LogP contribution in [0, 0.1) is 0 Å². The van der Waals surface area contributed by atoms with E-state index in [0.717, 1.165) is 24.0 Å². The number of fused-ring (bicyclic) bond motifs is 1. The summed E-state index contributed by atoms with van der Waals surface area (Å²) in [7, 11) is 0. The summed E-state index contributed by atoms with van der Waals surface area (Å²) in [6, 6.07) is 3.71. The number of ether oxygens (including phenoxy) is 2. The Morgan fingerprint density at radius 2 is 2.00 bits per heavy atom. The van der Waals surface area contributed by atoms with Gasteiger partial charge in [0.05, 0.1) is 16.7 Å². The number of halogens is 2. The Morgan fingerprint density at radius 3 is 2.61 bits per heavy atom. The Bertz CT molecular complexity index is 635. The number of nitrogens with two attached hydrogens (primary N) is 2. The number of aryl methyl sites for hydroxylation is 1. The molecular formula is C15H19Cl2N3O3. The Balaban J connectivity index is 2.12. The third-order valence-electron chi connectivity index (χ3n) is 3.59. The third kappa shape index (κ3) is 4.22. The van der Waals surface area contributed by atoms with E-state index in [2.05, 4.69) is 5.43 Å². The van der Waals surface area contributed by atoms with Crippen LogP contribution in [-0.2, 0) is 27.1 Å². The predicted octanol–water partition coefficient (Wildman–Crippen LogP) is 2.02. The lowest BCUT2D eigenvalue weighted by Gasteiger charge is -2.26. The number of hydrazine groups is 1. The van der Waals surface area contributed by atoms with E-state index >= 15 is 0 Å². The summed E-state index contributed by atoms with van der Waals surface area (Å²) in [5.74, 6) is 4.58. The first kappa shape index (κ1) is 17.7. The highest BCUT2D eigenvalue weighted by molar-refractivity contribution is 6.42. The highest BCUT2D eigenvalue weighted by atomic mass is 35.5. The van der Waals surface area contributed by atoms with E-state index in [9.17, 15) is 4.79 Å². The van der Waals surface area contributed by atoms with Crippen molar-refractivity contribution >= 4 is 29.2 Å². The molecule has 0 radical (unpaired) electrons. The minimum Gasteiger partial charge on any atom is -0.474 e. The molecule has 0 saturated heterocycles. The molecule has 1 aromatic carbocycles. The number of hydrogen-bond acceptors (Lipinski definition) is 6. The molecule has 1 unspecified atom stereocenters. The number of esters is 1. The number of benzene rings is 1. The van der Waals surface area contributed by atoms with Crippen molar-refractivity contribution in [1.82, 2.24) is 5.43 Å². The van der Waals surface area contributed by atoms with Gasteiger partial charge >= 0.3 is 5.97 Å². The molecule has 6 nitrogen and oxygen atoms in total. The molecule has 1 aliphatic rings. The molecule has 0 fully saturated rings. The van der Waals surface area contributed by atoms with Gasteiger partial charge in [-0.05, 0) is 43.0 Å². The average molecular weight is 360 g/mol. The summed E-state index contributed by atoms with van der Waals surface area (Å²) in [5.41, 5.74) is 10.2. The molecule has 0 amide bonds. The molecule has 0 aromatic heterocycles. The molecule has 5 N–H and O–H groups in total. The fraction of sp³-hybridized carbons (Fsp3) is 0.400. The van der Waals surface area contributed by atoms with Crippen molar-refractivity contribution in [2.45, 2.75) is 32.3 Å². The fourth-order valence-corrected chi connectivity index (χ4v) is 2.86. The Morgan fingerprint density at radius 1 is 1.35 bits per heavy atom. The molecule has 1 aromatic rings. The maximum absolute atomic E-state index is 11.7. The van der Waals surface area contributed by atoms with Crippen molar-refractivity contribution in [1.29, 1.82) is 0 Å². The molecule has 0 saturated carbocycles. The van der Waals surface area contributed by atoms with Gasteiger partial charge in [-0.15, -0.1) is 0 Å². The summed E-state index contributed by atoms with van der Waals surface area (Å²) < 4.78 is 10.5. The molecule has 0 bridgehead atoms. The topological polar surface area (TPSA) is 99.6 Å². The standard InChI is InChI=1S/C15H19Cl2N3O3/c1-2-22-15(21)13(20-19)14(18)23-10-4-3-8-6-11(16)12(17)7-9(8)5-10/h6-7,10,20H,2-5,18-19H2,1H3/b14-13+. The second-order valence-electron chi connectivity index (χ2n) is 5.12. The van der Waals surface area contributed by atoms with E-state index in [-0.39, 0.29) is 24.3 Å². The minimum absolute atomic E-state index is 0.0838. The van der Waals surface area contributed by atoms with Crippen LogP contribution in [0.4, 0.5) is 0 Å². The van der Waals surface area contributed by atoms with Gasteiger partial charge in [0, 0.05) is 6.42 Å². The SMILES string of the molecule is CCOC(=O)/C(NN)=C(/N)OC1CCc2cc(Cl)c(Cl)cc2C1. The highest BCUT2D eigenvalue weighted by Crippen LogP contribution is 2.31.